The molecule has 0 aromatic carbocycles. The number of carbonyl (C=O) groups is 3. The second-order valence-corrected chi connectivity index (χ2v) is 20.3. The summed E-state index contributed by atoms with van der Waals surface area (Å²) in [4.78, 5) is 88.0. The second kappa shape index (κ2) is 24.6. The minimum atomic E-state index is -5.57. The van der Waals surface area contributed by atoms with Gasteiger partial charge in [-0.25, -0.2) is 28.6 Å². The van der Waals surface area contributed by atoms with Crippen LogP contribution in [0.5, 0.6) is 0 Å². The first kappa shape index (κ1) is 52.9. The van der Waals surface area contributed by atoms with Crippen LogP contribution in [0.25, 0.3) is 11.2 Å². The molecular formula is C33H58N7O17P3S. The smallest absolute Gasteiger partial charge is 0.386 e. The van der Waals surface area contributed by atoms with Crippen LogP contribution < -0.4 is 16.4 Å². The number of rotatable bonds is 29. The number of carbonyl (C=O) groups excluding carboxylic acids is 3. The van der Waals surface area contributed by atoms with E-state index < -0.39 is 84.6 Å². The van der Waals surface area contributed by atoms with Crippen LogP contribution in [0.2, 0.25) is 0 Å². The third kappa shape index (κ3) is 18.3. The van der Waals surface area contributed by atoms with Crippen LogP contribution >= 0.6 is 35.2 Å². The third-order valence-electron chi connectivity index (χ3n) is 9.25. The molecule has 3 rings (SSSR count). The molecule has 2 amide bonds. The fourth-order valence-electron chi connectivity index (χ4n) is 5.95. The molecule has 0 aliphatic carbocycles. The van der Waals surface area contributed by atoms with Gasteiger partial charge >= 0.3 is 23.5 Å². The summed E-state index contributed by atoms with van der Waals surface area (Å²) in [6.07, 6.45) is 4.02. The molecule has 3 heterocycles. The quantitative estimate of drug-likeness (QED) is 0.0418. The molecule has 2 aromatic rings. The summed E-state index contributed by atoms with van der Waals surface area (Å²) in [5.41, 5.74) is 4.28. The molecule has 348 valence electrons. The van der Waals surface area contributed by atoms with Gasteiger partial charge in [0, 0.05) is 37.1 Å². The summed E-state index contributed by atoms with van der Waals surface area (Å²) in [5, 5.41) is 26.6. The Morgan fingerprint density at radius 3 is 2.23 bits per heavy atom. The van der Waals surface area contributed by atoms with Crippen LogP contribution in [0.3, 0.4) is 0 Å². The third-order valence-corrected chi connectivity index (χ3v) is 13.3. The van der Waals surface area contributed by atoms with Crippen molar-refractivity contribution in [3.63, 3.8) is 0 Å². The Labute approximate surface area is 356 Å². The predicted octanol–water partition coefficient (Wildman–Crippen LogP) is 2.59. The molecule has 0 radical (unpaired) electrons. The maximum absolute atomic E-state index is 12.7. The maximum atomic E-state index is 12.7. The van der Waals surface area contributed by atoms with Crippen LogP contribution in [0.1, 0.15) is 97.6 Å². The summed E-state index contributed by atoms with van der Waals surface area (Å²) in [6.45, 7) is 2.76. The molecule has 10 N–H and O–H groups in total. The molecule has 1 aliphatic heterocycles. The molecule has 1 fully saturated rings. The Morgan fingerprint density at radius 2 is 1.57 bits per heavy atom. The van der Waals surface area contributed by atoms with Gasteiger partial charge in [-0.2, -0.15) is 4.31 Å². The summed E-state index contributed by atoms with van der Waals surface area (Å²) in [7, 11) is -16.4. The SMILES string of the molecule is CCCCCCCCCCCC(=O)SCCNC(=O)CCNC(=O)C(O)C(C)(C)COP(=O)(O)OP(=O)(O)OC[C@@H]1O[C@H](n2cnc3c(N)ncnc32)[C@@H](O)[C@H]1OP(=O)(O)O. The molecule has 7 atom stereocenters. The zero-order valence-corrected chi connectivity index (χ0v) is 37.6. The first-order valence-corrected chi connectivity index (χ1v) is 25.1. The minimum Gasteiger partial charge on any atom is -0.386 e. The van der Waals surface area contributed by atoms with E-state index in [4.69, 9.17) is 19.5 Å². The van der Waals surface area contributed by atoms with E-state index in [0.717, 1.165) is 48.2 Å². The van der Waals surface area contributed by atoms with Gasteiger partial charge in [-0.3, -0.25) is 32.5 Å². The van der Waals surface area contributed by atoms with Crippen LogP contribution in [-0.2, 0) is 50.7 Å². The maximum Gasteiger partial charge on any atom is 0.481 e. The number of unbranched alkanes of at least 4 members (excludes halogenated alkanes) is 8. The number of hydrogen-bond donors (Lipinski definition) is 9. The number of aliphatic hydroxyl groups is 2. The zero-order valence-electron chi connectivity index (χ0n) is 34.1. The van der Waals surface area contributed by atoms with E-state index >= 15 is 0 Å². The Balaban J connectivity index is 1.38. The van der Waals surface area contributed by atoms with Gasteiger partial charge in [0.15, 0.2) is 22.8 Å². The summed E-state index contributed by atoms with van der Waals surface area (Å²) < 4.78 is 62.3. The van der Waals surface area contributed by atoms with Crippen molar-refractivity contribution in [2.45, 2.75) is 122 Å². The van der Waals surface area contributed by atoms with Crippen molar-refractivity contribution in [1.29, 1.82) is 0 Å². The average molecular weight is 950 g/mol. The van der Waals surface area contributed by atoms with Crippen molar-refractivity contribution >= 4 is 69.1 Å². The second-order valence-electron chi connectivity index (χ2n) is 14.9. The van der Waals surface area contributed by atoms with Gasteiger partial charge in [0.1, 0.15) is 36.3 Å². The van der Waals surface area contributed by atoms with Crippen molar-refractivity contribution in [2.24, 2.45) is 5.41 Å². The lowest BCUT2D eigenvalue weighted by atomic mass is 9.87. The monoisotopic (exact) mass is 949 g/mol. The minimum absolute atomic E-state index is 0.0332. The number of ether oxygens (including phenoxy) is 1. The lowest BCUT2D eigenvalue weighted by Crippen LogP contribution is -2.46. The number of nitrogens with zero attached hydrogens (tertiary/aromatic N) is 4. The van der Waals surface area contributed by atoms with E-state index in [9.17, 15) is 57.9 Å². The standard InChI is InChI=1S/C33H58N7O17P3S/c1-4-5-6-7-8-9-10-11-12-13-24(42)61-17-16-35-23(41)14-15-36-31(45)28(44)33(2,3)19-54-60(51,52)57-59(49,50)53-18-22-27(56-58(46,47)48)26(43)32(55-22)40-21-39-25-29(34)37-20-38-30(25)40/h20-22,26-28,32,43-44H,4-19H2,1-3H3,(H,35,41)(H,36,45)(H,49,50)(H,51,52)(H2,34,37,38)(H2,46,47,48)/t22-,26-,27-,28?,32-/m0/s1. The molecule has 1 saturated heterocycles. The number of phosphoric ester groups is 3. The average Bonchev–Trinajstić information content (AvgIpc) is 3.73. The fourth-order valence-corrected chi connectivity index (χ4v) is 9.50. The molecule has 2 aromatic heterocycles. The first-order chi connectivity index (χ1) is 28.6. The number of anilines is 1. The topological polar surface area (TPSA) is 364 Å². The summed E-state index contributed by atoms with van der Waals surface area (Å²) in [6, 6.07) is 0. The molecule has 0 bridgehead atoms. The lowest BCUT2D eigenvalue weighted by molar-refractivity contribution is -0.137. The van der Waals surface area contributed by atoms with E-state index in [2.05, 4.69) is 41.3 Å². The molecule has 3 unspecified atom stereocenters. The molecule has 1 aliphatic rings. The normalized spacial score (nSPS) is 20.9. The Morgan fingerprint density at radius 1 is 0.934 bits per heavy atom. The van der Waals surface area contributed by atoms with E-state index in [-0.39, 0.29) is 41.6 Å². The van der Waals surface area contributed by atoms with Crippen LogP contribution in [0.4, 0.5) is 5.82 Å². The van der Waals surface area contributed by atoms with Crippen molar-refractivity contribution in [3.8, 4) is 0 Å². The molecule has 0 saturated carbocycles. The van der Waals surface area contributed by atoms with Crippen molar-refractivity contribution in [2.75, 3.05) is 37.8 Å². The van der Waals surface area contributed by atoms with Gasteiger partial charge in [-0.05, 0) is 6.42 Å². The Hall–Kier alpha value is -2.44. The molecule has 0 spiro atoms. The zero-order chi connectivity index (χ0) is 45.4. The number of hydrogen-bond acceptors (Lipinski definition) is 18. The molecular weight excluding hydrogens is 891 g/mol. The van der Waals surface area contributed by atoms with Crippen molar-refractivity contribution in [1.82, 2.24) is 30.2 Å². The highest BCUT2D eigenvalue weighted by Gasteiger charge is 2.50. The van der Waals surface area contributed by atoms with Gasteiger partial charge in [0.05, 0.1) is 19.5 Å². The molecule has 24 nitrogen and oxygen atoms in total. The fraction of sp³-hybridized carbons (Fsp3) is 0.758. The van der Waals surface area contributed by atoms with E-state index in [0.29, 0.717) is 12.2 Å². The number of fused-ring (bicyclic) bond motifs is 1. The van der Waals surface area contributed by atoms with Crippen molar-refractivity contribution in [3.05, 3.63) is 12.7 Å². The first-order valence-electron chi connectivity index (χ1n) is 19.6. The Bertz CT molecular complexity index is 1890. The van der Waals surface area contributed by atoms with Crippen LogP contribution in [0.15, 0.2) is 12.7 Å². The van der Waals surface area contributed by atoms with E-state index in [1.54, 1.807) is 0 Å². The number of imidazole rings is 1. The van der Waals surface area contributed by atoms with Crippen LogP contribution in [-0.4, -0.2) is 123 Å². The highest BCUT2D eigenvalue weighted by Crippen LogP contribution is 2.61. The number of aliphatic hydroxyl groups excluding tert-OH is 2. The van der Waals surface area contributed by atoms with E-state index in [1.807, 2.05) is 0 Å². The summed E-state index contributed by atoms with van der Waals surface area (Å²) in [5.74, 6) is -1.02. The van der Waals surface area contributed by atoms with Crippen molar-refractivity contribution < 1.29 is 80.5 Å². The Kier molecular flexibility index (Phi) is 21.3. The number of nitrogen functional groups attached to an aromatic ring is 1. The number of amides is 2. The highest BCUT2D eigenvalue weighted by atomic mass is 32.2. The number of nitrogens with one attached hydrogen (secondary N) is 2. The summed E-state index contributed by atoms with van der Waals surface area (Å²) >= 11 is 1.15. The number of thioether (sulfide) groups is 1. The number of aromatic nitrogens is 4. The predicted molar refractivity (Wildman–Crippen MR) is 219 cm³/mol. The van der Waals surface area contributed by atoms with E-state index in [1.165, 1.54) is 52.4 Å². The molecule has 28 heteroatoms. The van der Waals surface area contributed by atoms with Gasteiger partial charge in [0.25, 0.3) is 0 Å². The highest BCUT2D eigenvalue weighted by molar-refractivity contribution is 8.13. The lowest BCUT2D eigenvalue weighted by Gasteiger charge is -2.30. The van der Waals surface area contributed by atoms with Gasteiger partial charge in [-0.15, -0.1) is 0 Å². The molecule has 61 heavy (non-hydrogen) atoms. The van der Waals surface area contributed by atoms with Gasteiger partial charge in [0.2, 0.25) is 11.8 Å². The number of nitrogens with two attached hydrogens (primary N) is 1. The van der Waals surface area contributed by atoms with Gasteiger partial charge < -0.3 is 50.9 Å². The van der Waals surface area contributed by atoms with Gasteiger partial charge in [-0.1, -0.05) is 83.9 Å². The number of phosphoric acid groups is 3. The largest absolute Gasteiger partial charge is 0.481 e. The van der Waals surface area contributed by atoms with Crippen LogP contribution in [0, 0.1) is 5.41 Å².